The van der Waals surface area contributed by atoms with Gasteiger partial charge in [0, 0.05) is 6.92 Å². The third kappa shape index (κ3) is 2.61. The highest BCUT2D eigenvalue weighted by molar-refractivity contribution is 7.15. The molecule has 1 aliphatic carbocycles. The molecule has 8 heteroatoms. The molecule has 1 saturated carbocycles. The van der Waals surface area contributed by atoms with Gasteiger partial charge in [-0.2, -0.15) is 4.98 Å². The van der Waals surface area contributed by atoms with E-state index in [-0.39, 0.29) is 10.8 Å². The van der Waals surface area contributed by atoms with Gasteiger partial charge in [-0.15, -0.1) is 11.3 Å². The van der Waals surface area contributed by atoms with Crippen molar-refractivity contribution in [2.75, 3.05) is 0 Å². The second kappa shape index (κ2) is 5.53. The van der Waals surface area contributed by atoms with Gasteiger partial charge in [0.05, 0.1) is 4.88 Å². The first-order chi connectivity index (χ1) is 10.5. The van der Waals surface area contributed by atoms with Crippen LogP contribution >= 0.6 is 11.3 Å². The summed E-state index contributed by atoms with van der Waals surface area (Å²) in [7, 11) is 0. The van der Waals surface area contributed by atoms with Crippen molar-refractivity contribution in [1.82, 2.24) is 15.5 Å². The Bertz CT molecular complexity index is 715. The number of carboxylic acids is 1. The van der Waals surface area contributed by atoms with Gasteiger partial charge in [0.25, 0.3) is 5.91 Å². The van der Waals surface area contributed by atoms with E-state index in [1.165, 1.54) is 12.1 Å². The van der Waals surface area contributed by atoms with Gasteiger partial charge >= 0.3 is 5.97 Å². The predicted molar refractivity (Wildman–Crippen MR) is 77.9 cm³/mol. The Hall–Kier alpha value is -2.22. The van der Waals surface area contributed by atoms with Crippen molar-refractivity contribution in [2.45, 2.75) is 38.1 Å². The monoisotopic (exact) mass is 321 g/mol. The van der Waals surface area contributed by atoms with E-state index in [9.17, 15) is 9.59 Å². The molecule has 0 unspecified atom stereocenters. The zero-order valence-electron chi connectivity index (χ0n) is 12.0. The topological polar surface area (TPSA) is 105 Å². The van der Waals surface area contributed by atoms with Gasteiger partial charge in [-0.3, -0.25) is 4.79 Å². The largest absolute Gasteiger partial charge is 0.477 e. The number of amides is 1. The molecule has 3 rings (SSSR count). The number of hydrogen-bond donors (Lipinski definition) is 2. The Morgan fingerprint density at radius 1 is 1.32 bits per heavy atom. The van der Waals surface area contributed by atoms with Crippen LogP contribution in [-0.4, -0.2) is 27.1 Å². The normalized spacial score (nSPS) is 16.6. The molecule has 0 bridgehead atoms. The van der Waals surface area contributed by atoms with Gasteiger partial charge in [-0.05, 0) is 25.0 Å². The lowest BCUT2D eigenvalue weighted by Gasteiger charge is -2.26. The van der Waals surface area contributed by atoms with Gasteiger partial charge in [0.15, 0.2) is 5.82 Å². The summed E-state index contributed by atoms with van der Waals surface area (Å²) in [6, 6.07) is 2.95. The summed E-state index contributed by atoms with van der Waals surface area (Å²) in [5, 5.41) is 15.9. The number of aromatic carboxylic acids is 1. The first-order valence-electron chi connectivity index (χ1n) is 6.97. The van der Waals surface area contributed by atoms with E-state index in [2.05, 4.69) is 15.5 Å². The molecular weight excluding hydrogens is 306 g/mol. The number of rotatable bonds is 4. The number of thiophene rings is 1. The number of carboxylic acid groups (broad SMARTS) is 1. The van der Waals surface area contributed by atoms with E-state index < -0.39 is 11.5 Å². The minimum absolute atomic E-state index is 0.140. The smallest absolute Gasteiger partial charge is 0.345 e. The van der Waals surface area contributed by atoms with Crippen LogP contribution in [0.4, 0.5) is 0 Å². The van der Waals surface area contributed by atoms with Crippen molar-refractivity contribution in [3.05, 3.63) is 33.6 Å². The molecule has 22 heavy (non-hydrogen) atoms. The second-order valence-electron chi connectivity index (χ2n) is 5.35. The highest BCUT2D eigenvalue weighted by Crippen LogP contribution is 2.37. The molecule has 0 aliphatic heterocycles. The number of carbonyl (C=O) groups excluding carboxylic acids is 1. The number of nitrogens with zero attached hydrogens (tertiary/aromatic N) is 2. The van der Waals surface area contributed by atoms with Crippen LogP contribution < -0.4 is 5.32 Å². The molecule has 7 nitrogen and oxygen atoms in total. The van der Waals surface area contributed by atoms with E-state index in [0.29, 0.717) is 16.6 Å². The zero-order chi connectivity index (χ0) is 15.7. The lowest BCUT2D eigenvalue weighted by molar-refractivity contribution is 0.0702. The summed E-state index contributed by atoms with van der Waals surface area (Å²) in [4.78, 5) is 28.1. The maximum absolute atomic E-state index is 12.4. The quantitative estimate of drug-likeness (QED) is 0.895. The Morgan fingerprint density at radius 3 is 2.55 bits per heavy atom. The Labute approximate surface area is 130 Å². The Kier molecular flexibility index (Phi) is 3.69. The molecule has 1 amide bonds. The molecule has 0 radical (unpaired) electrons. The molecule has 0 aromatic carbocycles. The van der Waals surface area contributed by atoms with Gasteiger partial charge in [-0.1, -0.05) is 18.0 Å². The SMILES string of the molecule is Cc1nc(C2(NC(=O)c3ccc(C(=O)O)s3)CCCC2)no1. The number of nitrogens with one attached hydrogen (secondary N) is 1. The van der Waals surface area contributed by atoms with Crippen molar-refractivity contribution in [3.8, 4) is 0 Å². The fraction of sp³-hybridized carbons (Fsp3) is 0.429. The van der Waals surface area contributed by atoms with Crippen LogP contribution in [0.1, 0.15) is 56.7 Å². The number of aromatic nitrogens is 2. The van der Waals surface area contributed by atoms with Crippen LogP contribution in [-0.2, 0) is 5.54 Å². The fourth-order valence-corrected chi connectivity index (χ4v) is 3.47. The third-order valence-corrected chi connectivity index (χ3v) is 4.88. The van der Waals surface area contributed by atoms with E-state index in [1.807, 2.05) is 0 Å². The predicted octanol–water partition coefficient (Wildman–Crippen LogP) is 2.34. The fourth-order valence-electron chi connectivity index (χ4n) is 2.73. The van der Waals surface area contributed by atoms with E-state index in [0.717, 1.165) is 37.0 Å². The van der Waals surface area contributed by atoms with E-state index in [4.69, 9.17) is 9.63 Å². The number of hydrogen-bond acceptors (Lipinski definition) is 6. The summed E-state index contributed by atoms with van der Waals surface area (Å²) in [5.41, 5.74) is -0.623. The summed E-state index contributed by atoms with van der Waals surface area (Å²) in [5.74, 6) is -0.388. The second-order valence-corrected chi connectivity index (χ2v) is 6.43. The first kappa shape index (κ1) is 14.7. The minimum Gasteiger partial charge on any atom is -0.477 e. The molecule has 1 aliphatic rings. The highest BCUT2D eigenvalue weighted by Gasteiger charge is 2.41. The molecule has 2 heterocycles. The first-order valence-corrected chi connectivity index (χ1v) is 7.78. The number of carbonyl (C=O) groups is 2. The maximum atomic E-state index is 12.4. The lowest BCUT2D eigenvalue weighted by Crippen LogP contribution is -2.44. The van der Waals surface area contributed by atoms with Gasteiger partial charge < -0.3 is 14.9 Å². The molecule has 0 atom stereocenters. The van der Waals surface area contributed by atoms with Gasteiger partial charge in [-0.25, -0.2) is 4.79 Å². The zero-order valence-corrected chi connectivity index (χ0v) is 12.8. The standard InChI is InChI=1S/C14H15N3O4S/c1-8-15-13(17-21-8)14(6-2-3-7-14)16-11(18)9-4-5-10(22-9)12(19)20/h4-5H,2-3,6-7H2,1H3,(H,16,18)(H,19,20). The van der Waals surface area contributed by atoms with Crippen molar-refractivity contribution < 1.29 is 19.2 Å². The Balaban J connectivity index is 1.84. The van der Waals surface area contributed by atoms with Crippen molar-refractivity contribution in [2.24, 2.45) is 0 Å². The molecule has 0 saturated heterocycles. The average Bonchev–Trinajstić information content (AvgIpc) is 3.17. The van der Waals surface area contributed by atoms with Crippen LogP contribution in [0.15, 0.2) is 16.7 Å². The van der Waals surface area contributed by atoms with Crippen molar-refractivity contribution >= 4 is 23.2 Å². The van der Waals surface area contributed by atoms with Crippen LogP contribution in [0.3, 0.4) is 0 Å². The molecule has 0 spiro atoms. The van der Waals surface area contributed by atoms with E-state index in [1.54, 1.807) is 6.92 Å². The van der Waals surface area contributed by atoms with Crippen molar-refractivity contribution in [1.29, 1.82) is 0 Å². The molecule has 2 aromatic rings. The third-order valence-electron chi connectivity index (χ3n) is 3.81. The Morgan fingerprint density at radius 2 is 2.00 bits per heavy atom. The maximum Gasteiger partial charge on any atom is 0.345 e. The average molecular weight is 321 g/mol. The summed E-state index contributed by atoms with van der Waals surface area (Å²) in [6.07, 6.45) is 3.43. The van der Waals surface area contributed by atoms with E-state index >= 15 is 0 Å². The van der Waals surface area contributed by atoms with Gasteiger partial charge in [0.2, 0.25) is 5.89 Å². The van der Waals surface area contributed by atoms with Crippen LogP contribution in [0.25, 0.3) is 0 Å². The number of aryl methyl sites for hydroxylation is 1. The minimum atomic E-state index is -1.03. The molecule has 2 N–H and O–H groups in total. The molecular formula is C14H15N3O4S. The summed E-state index contributed by atoms with van der Waals surface area (Å²) < 4.78 is 5.04. The van der Waals surface area contributed by atoms with Crippen molar-refractivity contribution in [3.63, 3.8) is 0 Å². The summed E-state index contributed by atoms with van der Waals surface area (Å²) in [6.45, 7) is 1.71. The van der Waals surface area contributed by atoms with Crippen LogP contribution in [0.5, 0.6) is 0 Å². The highest BCUT2D eigenvalue weighted by atomic mass is 32.1. The van der Waals surface area contributed by atoms with Gasteiger partial charge in [0.1, 0.15) is 10.4 Å². The summed E-state index contributed by atoms with van der Waals surface area (Å²) >= 11 is 0.956. The van der Waals surface area contributed by atoms with Crippen LogP contribution in [0.2, 0.25) is 0 Å². The lowest BCUT2D eigenvalue weighted by atomic mass is 9.96. The molecule has 116 valence electrons. The van der Waals surface area contributed by atoms with Crippen LogP contribution in [0, 0.1) is 6.92 Å². The molecule has 1 fully saturated rings. The molecule has 2 aromatic heterocycles.